The van der Waals surface area contributed by atoms with Crippen LogP contribution < -0.4 is 15.4 Å². The second kappa shape index (κ2) is 8.93. The maximum absolute atomic E-state index is 12.6. The van der Waals surface area contributed by atoms with Crippen molar-refractivity contribution in [2.24, 2.45) is 0 Å². The Morgan fingerprint density at radius 2 is 1.73 bits per heavy atom. The van der Waals surface area contributed by atoms with Crippen molar-refractivity contribution in [2.45, 2.75) is 25.3 Å². The monoisotopic (exact) mass is 427 g/mol. The Balaban J connectivity index is 1.70. The lowest BCUT2D eigenvalue weighted by Crippen LogP contribution is -2.23. The highest BCUT2D eigenvalue weighted by Gasteiger charge is 2.16. The van der Waals surface area contributed by atoms with E-state index >= 15 is 0 Å². The molecule has 0 saturated heterocycles. The molecule has 3 aromatic rings. The average Bonchev–Trinajstić information content (AvgIpc) is 3.22. The van der Waals surface area contributed by atoms with Crippen LogP contribution in [0.15, 0.2) is 70.2 Å². The number of benzene rings is 2. The van der Waals surface area contributed by atoms with Crippen LogP contribution in [0.4, 0.5) is 11.4 Å². The molecule has 8 nitrogen and oxygen atoms in total. The van der Waals surface area contributed by atoms with Gasteiger partial charge >= 0.3 is 0 Å². The van der Waals surface area contributed by atoms with Crippen LogP contribution in [0.5, 0.6) is 0 Å². The first-order chi connectivity index (χ1) is 14.2. The number of anilines is 2. The number of carbonyl (C=O) groups excluding carboxylic acids is 2. The minimum absolute atomic E-state index is 0.0293. The van der Waals surface area contributed by atoms with Crippen LogP contribution in [-0.2, 0) is 21.4 Å². The van der Waals surface area contributed by atoms with Crippen LogP contribution in [0.25, 0.3) is 0 Å². The van der Waals surface area contributed by atoms with E-state index in [0.717, 1.165) is 5.56 Å². The molecule has 0 aliphatic carbocycles. The Bertz CT molecular complexity index is 1150. The van der Waals surface area contributed by atoms with Gasteiger partial charge in [0.25, 0.3) is 5.91 Å². The molecule has 0 saturated carbocycles. The third-order valence-corrected chi connectivity index (χ3v) is 5.67. The summed E-state index contributed by atoms with van der Waals surface area (Å²) in [4.78, 5) is 23.8. The molecule has 0 unspecified atom stereocenters. The van der Waals surface area contributed by atoms with Crippen LogP contribution >= 0.6 is 0 Å². The van der Waals surface area contributed by atoms with Gasteiger partial charge in [-0.05, 0) is 61.0 Å². The third kappa shape index (κ3) is 5.34. The Labute approximate surface area is 174 Å². The number of amides is 2. The molecule has 0 aliphatic heterocycles. The van der Waals surface area contributed by atoms with Gasteiger partial charge in [-0.15, -0.1) is 0 Å². The highest BCUT2D eigenvalue weighted by atomic mass is 32.2. The largest absolute Gasteiger partial charge is 0.468 e. The van der Waals surface area contributed by atoms with E-state index in [1.807, 2.05) is 6.92 Å². The molecule has 2 aromatic carbocycles. The number of carbonyl (C=O) groups is 2. The van der Waals surface area contributed by atoms with Gasteiger partial charge in [0.2, 0.25) is 15.9 Å². The van der Waals surface area contributed by atoms with Crippen molar-refractivity contribution in [2.75, 3.05) is 10.6 Å². The molecule has 0 aliphatic rings. The first-order valence-corrected chi connectivity index (χ1v) is 10.5. The van der Waals surface area contributed by atoms with Crippen molar-refractivity contribution in [1.82, 2.24) is 4.72 Å². The third-order valence-electron chi connectivity index (χ3n) is 4.25. The van der Waals surface area contributed by atoms with Gasteiger partial charge in [-0.2, -0.15) is 0 Å². The number of hydrogen-bond donors (Lipinski definition) is 3. The summed E-state index contributed by atoms with van der Waals surface area (Å²) in [6.07, 6.45) is 1.46. The fraction of sp³-hybridized carbons (Fsp3) is 0.143. The van der Waals surface area contributed by atoms with Crippen LogP contribution in [0.3, 0.4) is 0 Å². The molecule has 0 spiro atoms. The zero-order valence-corrected chi connectivity index (χ0v) is 17.2. The lowest BCUT2D eigenvalue weighted by Gasteiger charge is -2.11. The fourth-order valence-electron chi connectivity index (χ4n) is 2.68. The zero-order chi connectivity index (χ0) is 21.7. The molecule has 1 aromatic heterocycles. The van der Waals surface area contributed by atoms with Crippen molar-refractivity contribution >= 4 is 33.2 Å². The first-order valence-electron chi connectivity index (χ1n) is 9.06. The summed E-state index contributed by atoms with van der Waals surface area (Å²) in [5.41, 5.74) is 2.22. The highest BCUT2D eigenvalue weighted by Crippen LogP contribution is 2.21. The molecule has 0 bridgehead atoms. The highest BCUT2D eigenvalue weighted by molar-refractivity contribution is 7.89. The first kappa shape index (κ1) is 21.3. The Kier molecular flexibility index (Phi) is 6.34. The standard InChI is InChI=1S/C21H21N3O5S/c1-14-5-8-17(23-15(2)25)12-20(14)24-21(26)16-6-9-19(10-7-16)30(27,28)22-13-18-4-3-11-29-18/h3-12,22H,13H2,1-2H3,(H,23,25)(H,24,26). The molecule has 156 valence electrons. The molecule has 0 atom stereocenters. The van der Waals surface area contributed by atoms with Crippen LogP contribution in [0.2, 0.25) is 0 Å². The van der Waals surface area contributed by atoms with Crippen molar-refractivity contribution < 1.29 is 22.4 Å². The number of aryl methyl sites for hydroxylation is 1. The maximum atomic E-state index is 12.6. The topological polar surface area (TPSA) is 118 Å². The molecule has 2 amide bonds. The minimum atomic E-state index is -3.74. The minimum Gasteiger partial charge on any atom is -0.468 e. The predicted molar refractivity (Wildman–Crippen MR) is 113 cm³/mol. The van der Waals surface area contributed by atoms with Crippen molar-refractivity contribution in [1.29, 1.82) is 0 Å². The van der Waals surface area contributed by atoms with E-state index in [9.17, 15) is 18.0 Å². The van der Waals surface area contributed by atoms with E-state index < -0.39 is 15.9 Å². The summed E-state index contributed by atoms with van der Waals surface area (Å²) in [5, 5.41) is 5.44. The molecule has 9 heteroatoms. The average molecular weight is 427 g/mol. The zero-order valence-electron chi connectivity index (χ0n) is 16.4. The number of sulfonamides is 1. The Hall–Kier alpha value is -3.43. The smallest absolute Gasteiger partial charge is 0.255 e. The van der Waals surface area contributed by atoms with Gasteiger partial charge in [-0.3, -0.25) is 9.59 Å². The molecular weight excluding hydrogens is 406 g/mol. The Morgan fingerprint density at radius 3 is 2.37 bits per heavy atom. The van der Waals surface area contributed by atoms with E-state index in [1.54, 1.807) is 30.3 Å². The molecule has 0 radical (unpaired) electrons. The summed E-state index contributed by atoms with van der Waals surface area (Å²) in [5.74, 6) is -0.120. The van der Waals surface area contributed by atoms with Gasteiger partial charge in [0.1, 0.15) is 5.76 Å². The van der Waals surface area contributed by atoms with Crippen LogP contribution in [0.1, 0.15) is 28.6 Å². The van der Waals surface area contributed by atoms with Crippen molar-refractivity contribution in [3.05, 3.63) is 77.7 Å². The number of nitrogens with one attached hydrogen (secondary N) is 3. The molecule has 1 heterocycles. The molecule has 30 heavy (non-hydrogen) atoms. The summed E-state index contributed by atoms with van der Waals surface area (Å²) < 4.78 is 32.3. The number of rotatable bonds is 7. The van der Waals surface area contributed by atoms with Gasteiger partial charge < -0.3 is 15.1 Å². The van der Waals surface area contributed by atoms with Crippen molar-refractivity contribution in [3.63, 3.8) is 0 Å². The number of hydrogen-bond acceptors (Lipinski definition) is 5. The van der Waals surface area contributed by atoms with Gasteiger partial charge in [0.05, 0.1) is 17.7 Å². The van der Waals surface area contributed by atoms with E-state index in [2.05, 4.69) is 15.4 Å². The van der Waals surface area contributed by atoms with Gasteiger partial charge in [-0.25, -0.2) is 13.1 Å². The summed E-state index contributed by atoms with van der Waals surface area (Å²) in [7, 11) is -3.74. The van der Waals surface area contributed by atoms with Crippen molar-refractivity contribution in [3.8, 4) is 0 Å². The second-order valence-corrected chi connectivity index (χ2v) is 8.36. The molecule has 0 fully saturated rings. The summed E-state index contributed by atoms with van der Waals surface area (Å²) >= 11 is 0. The van der Waals surface area contributed by atoms with E-state index in [-0.39, 0.29) is 17.3 Å². The molecule has 3 N–H and O–H groups in total. The van der Waals surface area contributed by atoms with Gasteiger partial charge in [0, 0.05) is 23.9 Å². The lowest BCUT2D eigenvalue weighted by molar-refractivity contribution is -0.114. The van der Waals surface area contributed by atoms with E-state index in [1.165, 1.54) is 37.5 Å². The van der Waals surface area contributed by atoms with Gasteiger partial charge in [0.15, 0.2) is 0 Å². The quantitative estimate of drug-likeness (QED) is 0.535. The fourth-order valence-corrected chi connectivity index (χ4v) is 3.67. The lowest BCUT2D eigenvalue weighted by atomic mass is 10.1. The van der Waals surface area contributed by atoms with Crippen LogP contribution in [-0.4, -0.2) is 20.2 Å². The summed E-state index contributed by atoms with van der Waals surface area (Å²) in [6.45, 7) is 3.26. The van der Waals surface area contributed by atoms with E-state index in [0.29, 0.717) is 22.7 Å². The van der Waals surface area contributed by atoms with Crippen LogP contribution in [0, 0.1) is 6.92 Å². The SMILES string of the molecule is CC(=O)Nc1ccc(C)c(NC(=O)c2ccc(S(=O)(=O)NCc3ccco3)cc2)c1. The maximum Gasteiger partial charge on any atom is 0.255 e. The van der Waals surface area contributed by atoms with E-state index in [4.69, 9.17) is 4.42 Å². The normalized spacial score (nSPS) is 11.1. The predicted octanol–water partition coefficient (Wildman–Crippen LogP) is 3.28. The second-order valence-electron chi connectivity index (χ2n) is 6.59. The number of furan rings is 1. The summed E-state index contributed by atoms with van der Waals surface area (Å²) in [6, 6.07) is 14.1. The Morgan fingerprint density at radius 1 is 1.00 bits per heavy atom. The van der Waals surface area contributed by atoms with Gasteiger partial charge in [-0.1, -0.05) is 6.07 Å². The molecular formula is C21H21N3O5S. The molecule has 3 rings (SSSR count).